The number of nitrogens with two attached hydrogens (primary N) is 3. The SMILES string of the molecule is NC(N)=NC(N)=NCc1c(Cl)cccc1Oc1ccccc1. The lowest BCUT2D eigenvalue weighted by Crippen LogP contribution is -2.26. The second-order valence-electron chi connectivity index (χ2n) is 4.34. The van der Waals surface area contributed by atoms with Gasteiger partial charge in [-0.15, -0.1) is 0 Å². The summed E-state index contributed by atoms with van der Waals surface area (Å²) in [6.45, 7) is 0.199. The van der Waals surface area contributed by atoms with Gasteiger partial charge in [0.25, 0.3) is 0 Å². The van der Waals surface area contributed by atoms with E-state index in [0.717, 1.165) is 0 Å². The van der Waals surface area contributed by atoms with E-state index in [1.165, 1.54) is 0 Å². The first-order chi connectivity index (χ1) is 10.6. The van der Waals surface area contributed by atoms with Crippen molar-refractivity contribution in [2.75, 3.05) is 0 Å². The second kappa shape index (κ2) is 7.33. The molecule has 0 aliphatic heterocycles. The van der Waals surface area contributed by atoms with Crippen LogP contribution in [0.4, 0.5) is 0 Å². The molecule has 2 aromatic carbocycles. The van der Waals surface area contributed by atoms with Gasteiger partial charge in [0.1, 0.15) is 11.5 Å². The van der Waals surface area contributed by atoms with Crippen molar-refractivity contribution < 1.29 is 4.74 Å². The van der Waals surface area contributed by atoms with Crippen LogP contribution in [0.5, 0.6) is 11.5 Å². The summed E-state index contributed by atoms with van der Waals surface area (Å²) in [6, 6.07) is 14.7. The molecule has 6 nitrogen and oxygen atoms in total. The average Bonchev–Trinajstić information content (AvgIpc) is 2.47. The molecule has 0 aromatic heterocycles. The maximum Gasteiger partial charge on any atom is 0.218 e. The van der Waals surface area contributed by atoms with Crippen LogP contribution in [0, 0.1) is 0 Å². The minimum Gasteiger partial charge on any atom is -0.457 e. The van der Waals surface area contributed by atoms with Crippen LogP contribution >= 0.6 is 11.6 Å². The van der Waals surface area contributed by atoms with Crippen LogP contribution in [0.25, 0.3) is 0 Å². The fourth-order valence-electron chi connectivity index (χ4n) is 1.73. The number of para-hydroxylation sites is 1. The smallest absolute Gasteiger partial charge is 0.218 e. The van der Waals surface area contributed by atoms with Crippen molar-refractivity contribution in [2.24, 2.45) is 27.2 Å². The molecular weight excluding hydrogens is 302 g/mol. The number of ether oxygens (including phenoxy) is 1. The van der Waals surface area contributed by atoms with Crippen molar-refractivity contribution >= 4 is 23.5 Å². The van der Waals surface area contributed by atoms with E-state index in [4.69, 9.17) is 33.5 Å². The van der Waals surface area contributed by atoms with Crippen molar-refractivity contribution in [2.45, 2.75) is 6.54 Å². The molecule has 0 fully saturated rings. The first-order valence-corrected chi connectivity index (χ1v) is 6.84. The van der Waals surface area contributed by atoms with Crippen LogP contribution in [0.15, 0.2) is 58.5 Å². The molecule has 0 saturated heterocycles. The van der Waals surface area contributed by atoms with E-state index < -0.39 is 0 Å². The number of benzene rings is 2. The van der Waals surface area contributed by atoms with E-state index in [1.807, 2.05) is 30.3 Å². The highest BCUT2D eigenvalue weighted by molar-refractivity contribution is 6.31. The minimum atomic E-state index is -0.152. The Kier molecular flexibility index (Phi) is 5.21. The largest absolute Gasteiger partial charge is 0.457 e. The van der Waals surface area contributed by atoms with Gasteiger partial charge in [0.05, 0.1) is 6.54 Å². The van der Waals surface area contributed by atoms with Crippen molar-refractivity contribution in [3.8, 4) is 11.5 Å². The van der Waals surface area contributed by atoms with Gasteiger partial charge in [0, 0.05) is 10.6 Å². The lowest BCUT2D eigenvalue weighted by Gasteiger charge is -2.11. The van der Waals surface area contributed by atoms with Crippen molar-refractivity contribution in [1.29, 1.82) is 0 Å². The molecule has 2 aromatic rings. The molecule has 114 valence electrons. The maximum absolute atomic E-state index is 6.21. The Balaban J connectivity index is 2.25. The molecule has 2 rings (SSSR count). The summed E-state index contributed by atoms with van der Waals surface area (Å²) in [4.78, 5) is 7.73. The van der Waals surface area contributed by atoms with Gasteiger partial charge in [-0.1, -0.05) is 35.9 Å². The monoisotopic (exact) mass is 317 g/mol. The second-order valence-corrected chi connectivity index (χ2v) is 4.75. The van der Waals surface area contributed by atoms with Gasteiger partial charge in [-0.05, 0) is 24.3 Å². The highest BCUT2D eigenvalue weighted by atomic mass is 35.5. The number of nitrogens with zero attached hydrogens (tertiary/aromatic N) is 2. The molecule has 22 heavy (non-hydrogen) atoms. The van der Waals surface area contributed by atoms with Gasteiger partial charge in [-0.3, -0.25) is 0 Å². The van der Waals surface area contributed by atoms with E-state index in [1.54, 1.807) is 18.2 Å². The van der Waals surface area contributed by atoms with E-state index in [2.05, 4.69) is 9.98 Å². The Bertz CT molecular complexity index is 696. The number of halogens is 1. The molecule has 0 radical (unpaired) electrons. The molecule has 0 heterocycles. The van der Waals surface area contributed by atoms with Gasteiger partial charge >= 0.3 is 0 Å². The standard InChI is InChI=1S/C15H16ClN5O/c16-12-7-4-8-13(22-10-5-2-1-3-6-10)11(12)9-20-15(19)21-14(17)18/h1-8H,9H2,(H6,17,18,19,20,21). The molecule has 7 heteroatoms. The molecule has 0 bridgehead atoms. The third kappa shape index (κ3) is 4.39. The number of aliphatic imine (C=N–C) groups is 2. The molecule has 0 aliphatic rings. The topological polar surface area (TPSA) is 112 Å². The van der Waals surface area contributed by atoms with Crippen LogP contribution in [-0.4, -0.2) is 11.9 Å². The molecule has 0 spiro atoms. The van der Waals surface area contributed by atoms with Gasteiger partial charge in [-0.25, -0.2) is 4.99 Å². The van der Waals surface area contributed by atoms with Crippen LogP contribution in [0.1, 0.15) is 5.56 Å². The Labute approximate surface area is 133 Å². The normalized spacial score (nSPS) is 11.0. The lowest BCUT2D eigenvalue weighted by atomic mass is 10.2. The summed E-state index contributed by atoms with van der Waals surface area (Å²) >= 11 is 6.21. The number of hydrogen-bond donors (Lipinski definition) is 3. The fraction of sp³-hybridized carbons (Fsp3) is 0.0667. The molecule has 0 unspecified atom stereocenters. The van der Waals surface area contributed by atoms with Gasteiger partial charge in [0.2, 0.25) is 5.96 Å². The lowest BCUT2D eigenvalue weighted by molar-refractivity contribution is 0.476. The van der Waals surface area contributed by atoms with Crippen LogP contribution < -0.4 is 21.9 Å². The third-order valence-corrected chi connectivity index (χ3v) is 3.04. The zero-order valence-corrected chi connectivity index (χ0v) is 12.5. The van der Waals surface area contributed by atoms with Crippen LogP contribution in [-0.2, 0) is 6.54 Å². The predicted octanol–water partition coefficient (Wildman–Crippen LogP) is 2.22. The van der Waals surface area contributed by atoms with E-state index in [-0.39, 0.29) is 18.5 Å². The number of hydrogen-bond acceptors (Lipinski definition) is 2. The maximum atomic E-state index is 6.21. The van der Waals surface area contributed by atoms with E-state index in [0.29, 0.717) is 22.1 Å². The Morgan fingerprint density at radius 1 is 1.00 bits per heavy atom. The predicted molar refractivity (Wildman–Crippen MR) is 89.1 cm³/mol. The quantitative estimate of drug-likeness (QED) is 0.592. The van der Waals surface area contributed by atoms with Gasteiger partial charge in [-0.2, -0.15) is 4.99 Å². The molecular formula is C15H16ClN5O. The van der Waals surface area contributed by atoms with Crippen LogP contribution in [0.3, 0.4) is 0 Å². The summed E-state index contributed by atoms with van der Waals surface area (Å²) in [5.41, 5.74) is 16.8. The average molecular weight is 318 g/mol. The Morgan fingerprint density at radius 3 is 2.41 bits per heavy atom. The third-order valence-electron chi connectivity index (χ3n) is 2.69. The Morgan fingerprint density at radius 2 is 1.73 bits per heavy atom. The first-order valence-electron chi connectivity index (χ1n) is 6.46. The minimum absolute atomic E-state index is 0.0226. The number of rotatable bonds is 4. The highest BCUT2D eigenvalue weighted by Gasteiger charge is 2.09. The first kappa shape index (κ1) is 15.7. The van der Waals surface area contributed by atoms with Crippen molar-refractivity contribution in [3.63, 3.8) is 0 Å². The zero-order valence-electron chi connectivity index (χ0n) is 11.7. The van der Waals surface area contributed by atoms with E-state index >= 15 is 0 Å². The molecule has 0 atom stereocenters. The highest BCUT2D eigenvalue weighted by Crippen LogP contribution is 2.30. The molecule has 0 aliphatic carbocycles. The van der Waals surface area contributed by atoms with E-state index in [9.17, 15) is 0 Å². The Hall–Kier alpha value is -2.73. The summed E-state index contributed by atoms with van der Waals surface area (Å²) in [5.74, 6) is 1.12. The molecule has 0 saturated carbocycles. The van der Waals surface area contributed by atoms with Gasteiger partial charge in [0.15, 0.2) is 5.96 Å². The van der Waals surface area contributed by atoms with Crippen molar-refractivity contribution in [1.82, 2.24) is 0 Å². The van der Waals surface area contributed by atoms with Gasteiger partial charge < -0.3 is 21.9 Å². The summed E-state index contributed by atoms with van der Waals surface area (Å²) in [7, 11) is 0. The number of guanidine groups is 2. The summed E-state index contributed by atoms with van der Waals surface area (Å²) < 4.78 is 5.82. The molecule has 6 N–H and O–H groups in total. The van der Waals surface area contributed by atoms with Crippen LogP contribution in [0.2, 0.25) is 5.02 Å². The van der Waals surface area contributed by atoms with Crippen molar-refractivity contribution in [3.05, 3.63) is 59.1 Å². The molecule has 0 amide bonds. The summed E-state index contributed by atoms with van der Waals surface area (Å²) in [6.07, 6.45) is 0. The summed E-state index contributed by atoms with van der Waals surface area (Å²) in [5, 5.41) is 0.523. The fourth-order valence-corrected chi connectivity index (χ4v) is 1.96. The zero-order chi connectivity index (χ0) is 15.9.